The fraction of sp³-hybridized carbons (Fsp3) is 0.257. The normalized spacial score (nSPS) is 17.5. The zero-order valence-corrected chi connectivity index (χ0v) is 25.0. The molecule has 0 aliphatic carbocycles. The second kappa shape index (κ2) is 11.5. The van der Waals surface area contributed by atoms with Crippen LogP contribution in [0.25, 0.3) is 0 Å². The Morgan fingerprint density at radius 3 is 2.02 bits per heavy atom. The van der Waals surface area contributed by atoms with Crippen molar-refractivity contribution in [1.82, 2.24) is 0 Å². The molecule has 220 valence electrons. The van der Waals surface area contributed by atoms with Gasteiger partial charge in [-0.2, -0.15) is 0 Å². The second-order valence-corrected chi connectivity index (χ2v) is 12.3. The van der Waals surface area contributed by atoms with Gasteiger partial charge in [-0.1, -0.05) is 87.5 Å². The number of rotatable bonds is 8. The van der Waals surface area contributed by atoms with E-state index in [1.807, 2.05) is 77.9 Å². The third-order valence-corrected chi connectivity index (χ3v) is 7.22. The first-order valence-electron chi connectivity index (χ1n) is 14.2. The summed E-state index contributed by atoms with van der Waals surface area (Å²) in [5.41, 5.74) is 1.61. The smallest absolute Gasteiger partial charge is 0.345 e. The molecule has 0 saturated carbocycles. The van der Waals surface area contributed by atoms with E-state index in [0.29, 0.717) is 6.42 Å². The Labute approximate surface area is 251 Å². The fourth-order valence-corrected chi connectivity index (χ4v) is 5.41. The van der Waals surface area contributed by atoms with Crippen molar-refractivity contribution < 1.29 is 19.3 Å². The van der Waals surface area contributed by atoms with E-state index < -0.39 is 22.0 Å². The highest BCUT2D eigenvalue weighted by Gasteiger charge is 2.55. The molecule has 1 aliphatic rings. The number of hydroxylamine groups is 1. The third kappa shape index (κ3) is 6.05. The fourth-order valence-electron chi connectivity index (χ4n) is 5.41. The van der Waals surface area contributed by atoms with E-state index in [1.54, 1.807) is 13.8 Å². The van der Waals surface area contributed by atoms with Crippen molar-refractivity contribution in [2.24, 2.45) is 10.4 Å². The van der Waals surface area contributed by atoms with Crippen LogP contribution in [0.4, 0.5) is 17.1 Å². The summed E-state index contributed by atoms with van der Waals surface area (Å²) in [5.74, 6) is -0.463. The predicted octanol–water partition coefficient (Wildman–Crippen LogP) is 8.18. The number of esters is 1. The molecule has 0 aromatic heterocycles. The standard InChI is InChI=1S/C35H35N3O5/c1-33(2,3)24-35(25-14-8-6-9-15-25)31(36-26-16-10-7-11-17-26)29-18-12-13-19-30(29)37(35)43-34(4,5)32(39)42-28-22-20-27(21-23-28)38(40)41/h6-23H,24H2,1-5H3. The first-order chi connectivity index (χ1) is 20.4. The molecule has 4 aromatic rings. The molecule has 0 N–H and O–H groups in total. The van der Waals surface area contributed by atoms with Gasteiger partial charge in [0.25, 0.3) is 5.69 Å². The van der Waals surface area contributed by atoms with Gasteiger partial charge in [0.15, 0.2) is 5.60 Å². The van der Waals surface area contributed by atoms with Crippen LogP contribution in [-0.2, 0) is 15.2 Å². The van der Waals surface area contributed by atoms with Crippen LogP contribution in [0.2, 0.25) is 0 Å². The van der Waals surface area contributed by atoms with Gasteiger partial charge >= 0.3 is 5.97 Å². The van der Waals surface area contributed by atoms with Crippen LogP contribution in [-0.4, -0.2) is 22.2 Å². The Kier molecular flexibility index (Phi) is 7.90. The number of non-ortho nitro benzene ring substituents is 1. The Morgan fingerprint density at radius 1 is 0.837 bits per heavy atom. The summed E-state index contributed by atoms with van der Waals surface area (Å²) in [5, 5.41) is 12.9. The lowest BCUT2D eigenvalue weighted by atomic mass is 9.73. The number of fused-ring (bicyclic) bond motifs is 1. The van der Waals surface area contributed by atoms with E-state index in [2.05, 4.69) is 32.9 Å². The van der Waals surface area contributed by atoms with Crippen molar-refractivity contribution in [3.8, 4) is 5.75 Å². The molecular weight excluding hydrogens is 542 g/mol. The topological polar surface area (TPSA) is 94.3 Å². The predicted molar refractivity (Wildman–Crippen MR) is 168 cm³/mol. The summed E-state index contributed by atoms with van der Waals surface area (Å²) in [7, 11) is 0. The van der Waals surface area contributed by atoms with E-state index >= 15 is 0 Å². The monoisotopic (exact) mass is 577 g/mol. The quantitative estimate of drug-likeness (QED) is 0.0907. The lowest BCUT2D eigenvalue weighted by Gasteiger charge is -2.45. The van der Waals surface area contributed by atoms with E-state index in [0.717, 1.165) is 28.2 Å². The Hall–Kier alpha value is -4.82. The number of nitrogens with zero attached hydrogens (tertiary/aromatic N) is 3. The number of carbonyl (C=O) groups excluding carboxylic acids is 1. The first kappa shape index (κ1) is 29.7. The van der Waals surface area contributed by atoms with E-state index in [-0.39, 0.29) is 16.9 Å². The molecule has 1 unspecified atom stereocenters. The van der Waals surface area contributed by atoms with E-state index in [1.165, 1.54) is 24.3 Å². The Balaban J connectivity index is 1.65. The number of nitro benzene ring substituents is 1. The summed E-state index contributed by atoms with van der Waals surface area (Å²) < 4.78 is 5.67. The molecule has 0 saturated heterocycles. The van der Waals surface area contributed by atoms with Crippen molar-refractivity contribution in [2.75, 3.05) is 5.06 Å². The summed E-state index contributed by atoms with van der Waals surface area (Å²) in [6.07, 6.45) is 0.609. The molecule has 8 heteroatoms. The number of benzene rings is 4. The molecule has 1 heterocycles. The van der Waals surface area contributed by atoms with E-state index in [9.17, 15) is 14.9 Å². The second-order valence-electron chi connectivity index (χ2n) is 12.3. The summed E-state index contributed by atoms with van der Waals surface area (Å²) in [6.45, 7) is 9.83. The molecule has 43 heavy (non-hydrogen) atoms. The Bertz CT molecular complexity index is 1640. The number of aliphatic imine (C=N–C) groups is 1. The van der Waals surface area contributed by atoms with Crippen LogP contribution < -0.4 is 9.80 Å². The first-order valence-corrected chi connectivity index (χ1v) is 14.2. The number of hydrogen-bond donors (Lipinski definition) is 0. The average molecular weight is 578 g/mol. The molecule has 0 spiro atoms. The largest absolute Gasteiger partial charge is 0.424 e. The lowest BCUT2D eigenvalue weighted by Crippen LogP contribution is -2.55. The molecular formula is C35H35N3O5. The van der Waals surface area contributed by atoms with Gasteiger partial charge in [-0.3, -0.25) is 15.0 Å². The molecule has 0 radical (unpaired) electrons. The SMILES string of the molecule is CC(C)(C)CC1(c2ccccc2)C(=Nc2ccccc2)c2ccccc2N1OC(C)(C)C(=O)Oc1ccc([N+](=O)[O-])cc1. The van der Waals surface area contributed by atoms with Gasteiger partial charge in [0, 0.05) is 17.7 Å². The minimum absolute atomic E-state index is 0.0935. The molecule has 0 amide bonds. The maximum absolute atomic E-state index is 13.6. The number of carbonyl (C=O) groups is 1. The molecule has 1 aliphatic heterocycles. The number of hydrogen-bond acceptors (Lipinski definition) is 7. The highest BCUT2D eigenvalue weighted by Crippen LogP contribution is 2.52. The van der Waals surface area contributed by atoms with Gasteiger partial charge in [-0.15, -0.1) is 0 Å². The van der Waals surface area contributed by atoms with Crippen molar-refractivity contribution in [1.29, 1.82) is 0 Å². The lowest BCUT2D eigenvalue weighted by molar-refractivity contribution is -0.384. The molecule has 4 aromatic carbocycles. The average Bonchev–Trinajstić information content (AvgIpc) is 3.22. The number of ether oxygens (including phenoxy) is 1. The molecule has 0 bridgehead atoms. The van der Waals surface area contributed by atoms with E-state index in [4.69, 9.17) is 14.6 Å². The minimum atomic E-state index is -1.46. The maximum Gasteiger partial charge on any atom is 0.345 e. The van der Waals surface area contributed by atoms with Crippen molar-refractivity contribution in [3.63, 3.8) is 0 Å². The number of anilines is 1. The summed E-state index contributed by atoms with van der Waals surface area (Å²) in [4.78, 5) is 36.2. The summed E-state index contributed by atoms with van der Waals surface area (Å²) in [6, 6.07) is 33.2. The van der Waals surface area contributed by atoms with Crippen LogP contribution in [0.15, 0.2) is 114 Å². The minimum Gasteiger partial charge on any atom is -0.424 e. The van der Waals surface area contributed by atoms with Gasteiger partial charge in [0.2, 0.25) is 0 Å². The molecule has 1 atom stereocenters. The van der Waals surface area contributed by atoms with Gasteiger partial charge in [0.1, 0.15) is 11.3 Å². The zero-order chi connectivity index (χ0) is 30.8. The molecule has 0 fully saturated rings. The van der Waals surface area contributed by atoms with Crippen LogP contribution in [0.3, 0.4) is 0 Å². The van der Waals surface area contributed by atoms with Crippen LogP contribution in [0.5, 0.6) is 5.75 Å². The van der Waals surface area contributed by atoms with Gasteiger partial charge in [0.05, 0.1) is 22.0 Å². The van der Waals surface area contributed by atoms with Gasteiger partial charge in [-0.25, -0.2) is 14.9 Å². The van der Waals surface area contributed by atoms with Crippen LogP contribution >= 0.6 is 0 Å². The van der Waals surface area contributed by atoms with Gasteiger partial charge < -0.3 is 4.74 Å². The van der Waals surface area contributed by atoms with Crippen molar-refractivity contribution in [2.45, 2.75) is 52.2 Å². The Morgan fingerprint density at radius 2 is 1.42 bits per heavy atom. The van der Waals surface area contributed by atoms with Gasteiger partial charge in [-0.05, 0) is 61.6 Å². The highest BCUT2D eigenvalue weighted by molar-refractivity contribution is 6.18. The molecule has 8 nitrogen and oxygen atoms in total. The van der Waals surface area contributed by atoms with Crippen LogP contribution in [0, 0.1) is 15.5 Å². The number of nitro groups is 1. The zero-order valence-electron chi connectivity index (χ0n) is 25.0. The number of para-hydroxylation sites is 2. The maximum atomic E-state index is 13.6. The van der Waals surface area contributed by atoms with Crippen LogP contribution in [0.1, 0.15) is 52.2 Å². The summed E-state index contributed by atoms with van der Waals surface area (Å²) >= 11 is 0. The highest BCUT2D eigenvalue weighted by atomic mass is 16.7. The molecule has 5 rings (SSSR count). The third-order valence-electron chi connectivity index (χ3n) is 7.22. The van der Waals surface area contributed by atoms with Crippen molar-refractivity contribution in [3.05, 3.63) is 130 Å². The van der Waals surface area contributed by atoms with Crippen molar-refractivity contribution >= 4 is 28.7 Å².